The van der Waals surface area contributed by atoms with Gasteiger partial charge in [-0.3, -0.25) is 4.79 Å². The Morgan fingerprint density at radius 2 is 1.66 bits per heavy atom. The highest BCUT2D eigenvalue weighted by Gasteiger charge is 2.31. The van der Waals surface area contributed by atoms with Crippen LogP contribution in [0.5, 0.6) is 5.75 Å². The molecule has 1 aromatic heterocycles. The van der Waals surface area contributed by atoms with Gasteiger partial charge < -0.3 is 24.6 Å². The first-order valence-electron chi connectivity index (χ1n) is 10.7. The second-order valence-electron chi connectivity index (χ2n) is 7.64. The van der Waals surface area contributed by atoms with Crippen molar-refractivity contribution in [3.8, 4) is 11.8 Å². The van der Waals surface area contributed by atoms with E-state index in [0.29, 0.717) is 17.3 Å². The number of anilines is 4. The minimum Gasteiger partial charge on any atom is -0.495 e. The van der Waals surface area contributed by atoms with Crippen molar-refractivity contribution in [2.45, 2.75) is 0 Å². The summed E-state index contributed by atoms with van der Waals surface area (Å²) < 4.78 is 10.6. The zero-order valence-corrected chi connectivity index (χ0v) is 19.5. The standard InChI is InChI=1S/C26H23N5O4/c1-30-20-11-5-6-12-21(20)31(2)25(30)18(15-27)22(32)16-35-26(33)17-9-8-14-28-24(17)29-19-10-4-7-13-23(19)34-3/h4-14H,16H2,1-3H3,(H,28,29). The second kappa shape index (κ2) is 9.97. The van der Waals surface area contributed by atoms with Crippen molar-refractivity contribution in [1.29, 1.82) is 5.26 Å². The molecular weight excluding hydrogens is 446 g/mol. The number of nitrogens with one attached hydrogen (secondary N) is 1. The van der Waals surface area contributed by atoms with Gasteiger partial charge in [0, 0.05) is 20.3 Å². The van der Waals surface area contributed by atoms with E-state index in [2.05, 4.69) is 10.3 Å². The van der Waals surface area contributed by atoms with Crippen LogP contribution >= 0.6 is 0 Å². The lowest BCUT2D eigenvalue weighted by atomic mass is 10.2. The fraction of sp³-hybridized carbons (Fsp3) is 0.154. The molecule has 0 amide bonds. The number of hydrogen-bond donors (Lipinski definition) is 1. The van der Waals surface area contributed by atoms with E-state index in [4.69, 9.17) is 9.47 Å². The van der Waals surface area contributed by atoms with E-state index in [-0.39, 0.29) is 17.0 Å². The van der Waals surface area contributed by atoms with E-state index in [1.54, 1.807) is 49.2 Å². The Kier molecular flexibility index (Phi) is 6.64. The first-order chi connectivity index (χ1) is 17.0. The zero-order valence-electron chi connectivity index (χ0n) is 19.5. The van der Waals surface area contributed by atoms with Crippen LogP contribution in [0.4, 0.5) is 22.9 Å². The topological polar surface area (TPSA) is 108 Å². The minimum atomic E-state index is -0.748. The van der Waals surface area contributed by atoms with Gasteiger partial charge in [-0.25, -0.2) is 9.78 Å². The van der Waals surface area contributed by atoms with Gasteiger partial charge in [-0.2, -0.15) is 5.26 Å². The zero-order chi connectivity index (χ0) is 24.9. The number of para-hydroxylation sites is 4. The van der Waals surface area contributed by atoms with Gasteiger partial charge in [-0.05, 0) is 36.4 Å². The third-order valence-electron chi connectivity index (χ3n) is 5.58. The summed E-state index contributed by atoms with van der Waals surface area (Å²) in [6.45, 7) is -0.591. The van der Waals surface area contributed by atoms with Crippen LogP contribution in [0, 0.1) is 11.3 Å². The maximum Gasteiger partial charge on any atom is 0.342 e. The molecule has 1 aliphatic heterocycles. The van der Waals surface area contributed by atoms with Crippen molar-refractivity contribution in [3.63, 3.8) is 0 Å². The van der Waals surface area contributed by atoms with Gasteiger partial charge in [0.1, 0.15) is 34.6 Å². The van der Waals surface area contributed by atoms with E-state index in [1.165, 1.54) is 12.3 Å². The van der Waals surface area contributed by atoms with E-state index in [9.17, 15) is 14.9 Å². The molecule has 9 heteroatoms. The van der Waals surface area contributed by atoms with E-state index in [0.717, 1.165) is 11.4 Å². The molecule has 176 valence electrons. The van der Waals surface area contributed by atoms with Gasteiger partial charge in [0.2, 0.25) is 5.78 Å². The summed E-state index contributed by atoms with van der Waals surface area (Å²) in [5.41, 5.74) is 2.38. The number of esters is 1. The Bertz CT molecular complexity index is 1330. The first-order valence-corrected chi connectivity index (χ1v) is 10.7. The number of hydrogen-bond acceptors (Lipinski definition) is 9. The van der Waals surface area contributed by atoms with Crippen molar-refractivity contribution in [3.05, 3.63) is 83.8 Å². The fourth-order valence-electron chi connectivity index (χ4n) is 3.88. The summed E-state index contributed by atoms with van der Waals surface area (Å²) >= 11 is 0. The summed E-state index contributed by atoms with van der Waals surface area (Å²) in [7, 11) is 5.10. The van der Waals surface area contributed by atoms with Gasteiger partial charge in [0.25, 0.3) is 0 Å². The molecule has 9 nitrogen and oxygen atoms in total. The number of fused-ring (bicyclic) bond motifs is 1. The number of benzene rings is 2. The van der Waals surface area contributed by atoms with Crippen molar-refractivity contribution in [2.24, 2.45) is 0 Å². The van der Waals surface area contributed by atoms with E-state index >= 15 is 0 Å². The molecule has 0 atom stereocenters. The number of aromatic nitrogens is 1. The van der Waals surface area contributed by atoms with Crippen LogP contribution < -0.4 is 19.9 Å². The normalized spacial score (nSPS) is 12.0. The lowest BCUT2D eigenvalue weighted by Gasteiger charge is -2.20. The van der Waals surface area contributed by atoms with Crippen LogP contribution in [0.3, 0.4) is 0 Å². The highest BCUT2D eigenvalue weighted by molar-refractivity contribution is 6.05. The van der Waals surface area contributed by atoms with E-state index < -0.39 is 18.4 Å². The number of rotatable bonds is 7. The predicted molar refractivity (Wildman–Crippen MR) is 132 cm³/mol. The molecule has 0 fully saturated rings. The Balaban J connectivity index is 1.52. The van der Waals surface area contributed by atoms with Crippen LogP contribution in [-0.2, 0) is 9.53 Å². The SMILES string of the molecule is COc1ccccc1Nc1ncccc1C(=O)OCC(=O)C(C#N)=C1N(C)c2ccccc2N1C. The summed E-state index contributed by atoms with van der Waals surface area (Å²) in [5, 5.41) is 12.8. The Labute approximate surface area is 202 Å². The lowest BCUT2D eigenvalue weighted by molar-refractivity contribution is -0.118. The molecule has 3 aromatic rings. The molecule has 0 radical (unpaired) electrons. The number of nitriles is 1. The molecule has 0 unspecified atom stereocenters. The molecule has 2 heterocycles. The number of pyridine rings is 1. The van der Waals surface area contributed by atoms with Crippen molar-refractivity contribution in [2.75, 3.05) is 42.9 Å². The Hall–Kier alpha value is -4.84. The number of nitrogens with zero attached hydrogens (tertiary/aromatic N) is 4. The van der Waals surface area contributed by atoms with Crippen LogP contribution in [0.25, 0.3) is 0 Å². The summed E-state index contributed by atoms with van der Waals surface area (Å²) in [4.78, 5) is 33.6. The first kappa shape index (κ1) is 23.3. The molecular formula is C26H23N5O4. The number of methoxy groups -OCH3 is 1. The third kappa shape index (κ3) is 4.50. The highest BCUT2D eigenvalue weighted by atomic mass is 16.5. The Morgan fingerprint density at radius 3 is 2.31 bits per heavy atom. The number of ether oxygens (including phenoxy) is 2. The Morgan fingerprint density at radius 1 is 1.00 bits per heavy atom. The summed E-state index contributed by atoms with van der Waals surface area (Å²) in [6, 6.07) is 19.9. The molecule has 0 saturated heterocycles. The van der Waals surface area contributed by atoms with Crippen molar-refractivity contribution < 1.29 is 19.1 Å². The average molecular weight is 470 g/mol. The summed E-state index contributed by atoms with van der Waals surface area (Å²) in [6.07, 6.45) is 1.53. The fourth-order valence-corrected chi connectivity index (χ4v) is 3.88. The van der Waals surface area contributed by atoms with Crippen LogP contribution in [-0.4, -0.2) is 44.5 Å². The quantitative estimate of drug-likeness (QED) is 0.313. The predicted octanol–water partition coefficient (Wildman–Crippen LogP) is 3.88. The van der Waals surface area contributed by atoms with Gasteiger partial charge >= 0.3 is 5.97 Å². The number of ketones is 1. The molecule has 0 bridgehead atoms. The maximum atomic E-state index is 12.9. The largest absolute Gasteiger partial charge is 0.495 e. The maximum absolute atomic E-state index is 12.9. The molecule has 0 aliphatic carbocycles. The average Bonchev–Trinajstić information content (AvgIpc) is 3.14. The molecule has 2 aromatic carbocycles. The number of carbonyl (C=O) groups is 2. The number of Topliss-reactive ketones (excluding diaryl/α,β-unsaturated/α-hetero) is 1. The van der Waals surface area contributed by atoms with Crippen LogP contribution in [0.1, 0.15) is 10.4 Å². The molecule has 35 heavy (non-hydrogen) atoms. The van der Waals surface area contributed by atoms with Gasteiger partial charge in [-0.15, -0.1) is 0 Å². The van der Waals surface area contributed by atoms with Crippen LogP contribution in [0.15, 0.2) is 78.3 Å². The van der Waals surface area contributed by atoms with Crippen LogP contribution in [0.2, 0.25) is 0 Å². The van der Waals surface area contributed by atoms with Gasteiger partial charge in [0.05, 0.1) is 24.2 Å². The lowest BCUT2D eigenvalue weighted by Crippen LogP contribution is -2.28. The van der Waals surface area contributed by atoms with Crippen molar-refractivity contribution in [1.82, 2.24) is 4.98 Å². The van der Waals surface area contributed by atoms with Gasteiger partial charge in [0.15, 0.2) is 6.61 Å². The second-order valence-corrected chi connectivity index (χ2v) is 7.64. The van der Waals surface area contributed by atoms with Gasteiger partial charge in [-0.1, -0.05) is 24.3 Å². The molecule has 0 saturated carbocycles. The smallest absolute Gasteiger partial charge is 0.342 e. The minimum absolute atomic E-state index is 0.0995. The molecule has 0 spiro atoms. The number of carbonyl (C=O) groups excluding carboxylic acids is 2. The summed E-state index contributed by atoms with van der Waals surface area (Å²) in [5.74, 6) is -0.106. The van der Waals surface area contributed by atoms with Crippen molar-refractivity contribution >= 4 is 34.6 Å². The highest BCUT2D eigenvalue weighted by Crippen LogP contribution is 2.40. The molecule has 4 rings (SSSR count). The van der Waals surface area contributed by atoms with E-state index in [1.807, 2.05) is 42.5 Å². The molecule has 1 N–H and O–H groups in total. The molecule has 1 aliphatic rings. The monoisotopic (exact) mass is 469 g/mol. The third-order valence-corrected chi connectivity index (χ3v) is 5.58.